The Balaban J connectivity index is 1.90. The van der Waals surface area contributed by atoms with Crippen molar-refractivity contribution in [1.29, 1.82) is 0 Å². The molecule has 3 aromatic rings. The summed E-state index contributed by atoms with van der Waals surface area (Å²) in [7, 11) is 1.76. The van der Waals surface area contributed by atoms with E-state index in [9.17, 15) is 9.59 Å². The summed E-state index contributed by atoms with van der Waals surface area (Å²) in [6.07, 6.45) is 2.22. The van der Waals surface area contributed by atoms with Crippen molar-refractivity contribution >= 4 is 11.9 Å². The van der Waals surface area contributed by atoms with Crippen molar-refractivity contribution in [2.45, 2.75) is 20.3 Å². The van der Waals surface area contributed by atoms with E-state index in [0.29, 0.717) is 35.0 Å². The summed E-state index contributed by atoms with van der Waals surface area (Å²) >= 11 is 0. The van der Waals surface area contributed by atoms with Gasteiger partial charge in [-0.3, -0.25) is 24.6 Å². The highest BCUT2D eigenvalue weighted by atomic mass is 16.2. The number of carbonyl (C=O) groups excluding carboxylic acids is 1. The monoisotopic (exact) mass is 352 g/mol. The highest BCUT2D eigenvalue weighted by Gasteiger charge is 2.16. The molecule has 0 radical (unpaired) electrons. The molecule has 0 atom stereocenters. The number of aromatic amines is 1. The Morgan fingerprint density at radius 2 is 2.08 bits per heavy atom. The number of anilines is 1. The maximum Gasteiger partial charge on any atom is 0.258 e. The Bertz CT molecular complexity index is 989. The van der Waals surface area contributed by atoms with Gasteiger partial charge in [0.1, 0.15) is 6.33 Å². The van der Waals surface area contributed by atoms with Gasteiger partial charge in [0, 0.05) is 18.7 Å². The predicted octanol–water partition coefficient (Wildman–Crippen LogP) is 2.02. The first-order valence-corrected chi connectivity index (χ1v) is 8.29. The average Bonchev–Trinajstić information content (AvgIpc) is 3.00. The molecule has 134 valence electrons. The van der Waals surface area contributed by atoms with Gasteiger partial charge in [0.25, 0.3) is 11.5 Å². The van der Waals surface area contributed by atoms with Crippen molar-refractivity contribution in [2.24, 2.45) is 13.0 Å². The standard InChI is InChI=1S/C18H20N6O2/c1-11(2)8-12-9-15(25)21-18(20-12)22-17(26)14-7-5-4-6-13(14)16-19-10-24(3)23-16/h4-7,9-11H,8H2,1-3H3,(H2,20,21,22,25,26). The number of amides is 1. The summed E-state index contributed by atoms with van der Waals surface area (Å²) in [5.41, 5.74) is 1.34. The molecule has 3 rings (SSSR count). The number of hydrogen-bond acceptors (Lipinski definition) is 5. The van der Waals surface area contributed by atoms with Gasteiger partial charge in [-0.15, -0.1) is 0 Å². The molecule has 8 heteroatoms. The molecule has 0 fully saturated rings. The topological polar surface area (TPSA) is 106 Å². The lowest BCUT2D eigenvalue weighted by molar-refractivity contribution is 0.102. The molecule has 0 aliphatic carbocycles. The van der Waals surface area contributed by atoms with Crippen molar-refractivity contribution in [3.63, 3.8) is 0 Å². The van der Waals surface area contributed by atoms with Gasteiger partial charge < -0.3 is 0 Å². The lowest BCUT2D eigenvalue weighted by Crippen LogP contribution is -2.20. The molecule has 8 nitrogen and oxygen atoms in total. The van der Waals surface area contributed by atoms with Crippen LogP contribution in [0.2, 0.25) is 0 Å². The average molecular weight is 352 g/mol. The van der Waals surface area contributed by atoms with Crippen LogP contribution in [-0.4, -0.2) is 30.6 Å². The Morgan fingerprint density at radius 1 is 1.31 bits per heavy atom. The van der Waals surface area contributed by atoms with E-state index in [4.69, 9.17) is 0 Å². The van der Waals surface area contributed by atoms with Crippen molar-refractivity contribution < 1.29 is 4.79 Å². The Labute approximate surface area is 150 Å². The smallest absolute Gasteiger partial charge is 0.258 e. The molecule has 0 spiro atoms. The van der Waals surface area contributed by atoms with Gasteiger partial charge in [0.2, 0.25) is 5.95 Å². The number of nitrogens with zero attached hydrogens (tertiary/aromatic N) is 4. The number of carbonyl (C=O) groups is 1. The fourth-order valence-corrected chi connectivity index (χ4v) is 2.60. The van der Waals surface area contributed by atoms with Crippen LogP contribution in [0.25, 0.3) is 11.4 Å². The van der Waals surface area contributed by atoms with E-state index in [1.54, 1.807) is 36.3 Å². The molecule has 0 unspecified atom stereocenters. The van der Waals surface area contributed by atoms with Crippen molar-refractivity contribution in [3.05, 3.63) is 58.3 Å². The van der Waals surface area contributed by atoms with Gasteiger partial charge in [-0.2, -0.15) is 5.10 Å². The summed E-state index contributed by atoms with van der Waals surface area (Å²) in [6.45, 7) is 4.08. The van der Waals surface area contributed by atoms with Crippen molar-refractivity contribution in [1.82, 2.24) is 24.7 Å². The fraction of sp³-hybridized carbons (Fsp3) is 0.278. The van der Waals surface area contributed by atoms with Crippen LogP contribution in [0.15, 0.2) is 41.5 Å². The Hall–Kier alpha value is -3.29. The van der Waals surface area contributed by atoms with Crippen molar-refractivity contribution in [3.8, 4) is 11.4 Å². The maximum atomic E-state index is 12.7. The number of hydrogen-bond donors (Lipinski definition) is 2. The lowest BCUT2D eigenvalue weighted by atomic mass is 10.1. The largest absolute Gasteiger partial charge is 0.292 e. The van der Waals surface area contributed by atoms with E-state index >= 15 is 0 Å². The van der Waals surface area contributed by atoms with Crippen LogP contribution in [0, 0.1) is 5.92 Å². The summed E-state index contributed by atoms with van der Waals surface area (Å²) < 4.78 is 1.57. The first-order chi connectivity index (χ1) is 12.4. The fourth-order valence-electron chi connectivity index (χ4n) is 2.60. The highest BCUT2D eigenvalue weighted by Crippen LogP contribution is 2.20. The molecule has 2 heterocycles. The van der Waals surface area contributed by atoms with E-state index in [1.165, 1.54) is 6.07 Å². The third kappa shape index (κ3) is 4.02. The van der Waals surface area contributed by atoms with Gasteiger partial charge in [-0.25, -0.2) is 9.97 Å². The van der Waals surface area contributed by atoms with Gasteiger partial charge >= 0.3 is 0 Å². The summed E-state index contributed by atoms with van der Waals surface area (Å²) in [6, 6.07) is 8.46. The van der Waals surface area contributed by atoms with Gasteiger partial charge in [0.15, 0.2) is 5.82 Å². The number of H-pyrrole nitrogens is 1. The van der Waals surface area contributed by atoms with Gasteiger partial charge in [-0.05, 0) is 18.4 Å². The highest BCUT2D eigenvalue weighted by molar-refractivity contribution is 6.07. The minimum Gasteiger partial charge on any atom is -0.292 e. The van der Waals surface area contributed by atoms with E-state index in [1.807, 2.05) is 19.9 Å². The molecule has 2 aromatic heterocycles. The van der Waals surface area contributed by atoms with Crippen molar-refractivity contribution in [2.75, 3.05) is 5.32 Å². The minimum atomic E-state index is -0.391. The molecule has 0 bridgehead atoms. The second-order valence-electron chi connectivity index (χ2n) is 6.42. The molecule has 1 aromatic carbocycles. The first kappa shape index (κ1) is 17.5. The number of rotatable bonds is 5. The number of aryl methyl sites for hydroxylation is 1. The van der Waals surface area contributed by atoms with Crippen LogP contribution in [0.3, 0.4) is 0 Å². The van der Waals surface area contributed by atoms with E-state index < -0.39 is 5.91 Å². The number of nitrogens with one attached hydrogen (secondary N) is 2. The van der Waals surface area contributed by atoms with Gasteiger partial charge in [-0.1, -0.05) is 32.0 Å². The van der Waals surface area contributed by atoms with E-state index in [0.717, 1.165) is 0 Å². The van der Waals surface area contributed by atoms with Gasteiger partial charge in [0.05, 0.1) is 11.3 Å². The molecule has 1 amide bonds. The van der Waals surface area contributed by atoms with Crippen LogP contribution in [0.5, 0.6) is 0 Å². The SMILES string of the molecule is CC(C)Cc1cc(=O)[nH]c(NC(=O)c2ccccc2-c2ncn(C)n2)n1. The zero-order chi connectivity index (χ0) is 18.7. The second-order valence-corrected chi connectivity index (χ2v) is 6.42. The third-order valence-electron chi connectivity index (χ3n) is 3.66. The van der Waals surface area contributed by atoms with Crippen LogP contribution in [0.1, 0.15) is 29.9 Å². The number of benzene rings is 1. The summed E-state index contributed by atoms with van der Waals surface area (Å²) in [5, 5.41) is 6.91. The normalized spacial score (nSPS) is 10.9. The zero-order valence-electron chi connectivity index (χ0n) is 14.9. The molecule has 0 aliphatic rings. The molecule has 0 aliphatic heterocycles. The summed E-state index contributed by atoms with van der Waals surface area (Å²) in [5.74, 6) is 0.539. The third-order valence-corrected chi connectivity index (χ3v) is 3.66. The maximum absolute atomic E-state index is 12.7. The molecular formula is C18H20N6O2. The number of aromatic nitrogens is 5. The second kappa shape index (κ2) is 7.30. The van der Waals surface area contributed by atoms with E-state index in [-0.39, 0.29) is 11.5 Å². The molecule has 2 N–H and O–H groups in total. The predicted molar refractivity (Wildman–Crippen MR) is 97.8 cm³/mol. The quantitative estimate of drug-likeness (QED) is 0.731. The molecule has 0 saturated heterocycles. The van der Waals surface area contributed by atoms with E-state index in [2.05, 4.69) is 25.4 Å². The van der Waals surface area contributed by atoms with Crippen LogP contribution in [0.4, 0.5) is 5.95 Å². The molecular weight excluding hydrogens is 332 g/mol. The minimum absolute atomic E-state index is 0.127. The van der Waals surface area contributed by atoms with Crippen LogP contribution < -0.4 is 10.9 Å². The zero-order valence-corrected chi connectivity index (χ0v) is 14.9. The Morgan fingerprint density at radius 3 is 2.77 bits per heavy atom. The van der Waals surface area contributed by atoms with Crippen LogP contribution >= 0.6 is 0 Å². The summed E-state index contributed by atoms with van der Waals surface area (Å²) in [4.78, 5) is 35.6. The Kier molecular flexibility index (Phi) is 4.92. The first-order valence-electron chi connectivity index (χ1n) is 8.29. The lowest BCUT2D eigenvalue weighted by Gasteiger charge is -2.09. The molecule has 26 heavy (non-hydrogen) atoms. The molecule has 0 saturated carbocycles. The van der Waals surface area contributed by atoms with Crippen LogP contribution in [-0.2, 0) is 13.5 Å².